The zero-order valence-electron chi connectivity index (χ0n) is 8.80. The molecule has 1 atom stereocenters. The number of carboxylic acid groups (broad SMARTS) is 1. The summed E-state index contributed by atoms with van der Waals surface area (Å²) in [5.74, 6) is -0.988. The fraction of sp³-hybridized carbons (Fsp3) is 0.333. The number of amides is 1. The van der Waals surface area contributed by atoms with Gasteiger partial charge in [-0.05, 0) is 12.0 Å². The Morgan fingerprint density at radius 3 is 2.69 bits per heavy atom. The molecule has 0 saturated carbocycles. The first kappa shape index (κ1) is 10.7. The molecule has 1 aliphatic heterocycles. The third-order valence-electron chi connectivity index (χ3n) is 2.81. The summed E-state index contributed by atoms with van der Waals surface area (Å²) >= 11 is 0. The van der Waals surface area contributed by atoms with Crippen LogP contribution >= 0.6 is 0 Å². The lowest BCUT2D eigenvalue weighted by atomic mass is 10.2. The number of likely N-dealkylation sites (tertiary alicyclic amines) is 1. The number of hydrogen-bond acceptors (Lipinski definition) is 2. The van der Waals surface area contributed by atoms with Gasteiger partial charge in [0.15, 0.2) is 0 Å². The molecule has 1 aromatic rings. The maximum atomic E-state index is 11.6. The highest BCUT2D eigenvalue weighted by atomic mass is 16.4. The molecule has 1 heterocycles. The van der Waals surface area contributed by atoms with Gasteiger partial charge in [0.25, 0.3) is 0 Å². The standard InChI is InChI=1S/C12H13NO3/c14-11-7-6-10(12(15)16)13(11)8-9-4-2-1-3-5-9/h1-5,10H,6-8H2,(H,15,16). The van der Waals surface area contributed by atoms with Crippen molar-refractivity contribution in [1.29, 1.82) is 0 Å². The van der Waals surface area contributed by atoms with E-state index in [1.165, 1.54) is 4.90 Å². The maximum Gasteiger partial charge on any atom is 0.326 e. The molecule has 0 bridgehead atoms. The summed E-state index contributed by atoms with van der Waals surface area (Å²) in [4.78, 5) is 24.0. The quantitative estimate of drug-likeness (QED) is 0.832. The summed E-state index contributed by atoms with van der Waals surface area (Å²) in [5.41, 5.74) is 0.962. The highest BCUT2D eigenvalue weighted by molar-refractivity contribution is 5.87. The lowest BCUT2D eigenvalue weighted by Crippen LogP contribution is -2.37. The number of carbonyl (C=O) groups is 2. The van der Waals surface area contributed by atoms with Crippen LogP contribution in [0.1, 0.15) is 18.4 Å². The highest BCUT2D eigenvalue weighted by Crippen LogP contribution is 2.21. The molecule has 1 fully saturated rings. The van der Waals surface area contributed by atoms with Crippen LogP contribution in [-0.2, 0) is 16.1 Å². The average molecular weight is 219 g/mol. The third kappa shape index (κ3) is 2.05. The Labute approximate surface area is 93.5 Å². The number of nitrogens with zero attached hydrogens (tertiary/aromatic N) is 1. The van der Waals surface area contributed by atoms with Crippen molar-refractivity contribution >= 4 is 11.9 Å². The molecule has 4 heteroatoms. The Morgan fingerprint density at radius 1 is 1.38 bits per heavy atom. The van der Waals surface area contributed by atoms with Crippen LogP contribution in [0.3, 0.4) is 0 Å². The topological polar surface area (TPSA) is 57.6 Å². The van der Waals surface area contributed by atoms with E-state index in [-0.39, 0.29) is 5.91 Å². The molecule has 0 radical (unpaired) electrons. The average Bonchev–Trinajstić information content (AvgIpc) is 2.62. The predicted octanol–water partition coefficient (Wildman–Crippen LogP) is 1.26. The minimum Gasteiger partial charge on any atom is -0.480 e. The van der Waals surface area contributed by atoms with Gasteiger partial charge in [0.05, 0.1) is 0 Å². The van der Waals surface area contributed by atoms with Crippen LogP contribution in [0.2, 0.25) is 0 Å². The first-order valence-corrected chi connectivity index (χ1v) is 5.24. The first-order valence-electron chi connectivity index (χ1n) is 5.24. The van der Waals surface area contributed by atoms with Crippen LogP contribution in [0.15, 0.2) is 30.3 Å². The Balaban J connectivity index is 2.13. The monoisotopic (exact) mass is 219 g/mol. The summed E-state index contributed by atoms with van der Waals surface area (Å²) in [6.45, 7) is 0.386. The second-order valence-corrected chi connectivity index (χ2v) is 3.90. The molecule has 1 N–H and O–H groups in total. The largest absolute Gasteiger partial charge is 0.480 e. The second kappa shape index (κ2) is 4.35. The van der Waals surface area contributed by atoms with Crippen molar-refractivity contribution in [3.63, 3.8) is 0 Å². The van der Waals surface area contributed by atoms with E-state index in [4.69, 9.17) is 5.11 Å². The summed E-state index contributed by atoms with van der Waals surface area (Å²) in [6.07, 6.45) is 0.755. The van der Waals surface area contributed by atoms with Crippen molar-refractivity contribution < 1.29 is 14.7 Å². The minimum absolute atomic E-state index is 0.0729. The van der Waals surface area contributed by atoms with E-state index < -0.39 is 12.0 Å². The lowest BCUT2D eigenvalue weighted by molar-refractivity contribution is -0.146. The van der Waals surface area contributed by atoms with E-state index in [0.29, 0.717) is 19.4 Å². The molecule has 0 spiro atoms. The summed E-state index contributed by atoms with van der Waals surface area (Å²) in [7, 11) is 0. The fourth-order valence-corrected chi connectivity index (χ4v) is 1.97. The number of aliphatic carboxylic acids is 1. The van der Waals surface area contributed by atoms with Gasteiger partial charge in [-0.2, -0.15) is 0 Å². The van der Waals surface area contributed by atoms with Gasteiger partial charge in [0, 0.05) is 13.0 Å². The van der Waals surface area contributed by atoms with E-state index in [9.17, 15) is 9.59 Å². The van der Waals surface area contributed by atoms with Gasteiger partial charge in [-0.1, -0.05) is 30.3 Å². The molecule has 16 heavy (non-hydrogen) atoms. The van der Waals surface area contributed by atoms with E-state index in [1.807, 2.05) is 30.3 Å². The van der Waals surface area contributed by atoms with Crippen LogP contribution in [0.25, 0.3) is 0 Å². The van der Waals surface area contributed by atoms with Gasteiger partial charge in [-0.15, -0.1) is 0 Å². The molecule has 1 unspecified atom stereocenters. The zero-order valence-corrected chi connectivity index (χ0v) is 8.80. The van der Waals surface area contributed by atoms with E-state index in [2.05, 4.69) is 0 Å². The van der Waals surface area contributed by atoms with Crippen LogP contribution in [0.5, 0.6) is 0 Å². The Bertz CT molecular complexity index is 402. The highest BCUT2D eigenvalue weighted by Gasteiger charge is 2.35. The van der Waals surface area contributed by atoms with Gasteiger partial charge >= 0.3 is 5.97 Å². The van der Waals surface area contributed by atoms with Gasteiger partial charge < -0.3 is 10.0 Å². The Hall–Kier alpha value is -1.84. The Kier molecular flexibility index (Phi) is 2.90. The van der Waals surface area contributed by atoms with Crippen LogP contribution in [0, 0.1) is 0 Å². The van der Waals surface area contributed by atoms with Crippen molar-refractivity contribution in [1.82, 2.24) is 4.90 Å². The molecule has 1 saturated heterocycles. The second-order valence-electron chi connectivity index (χ2n) is 3.90. The van der Waals surface area contributed by atoms with Crippen molar-refractivity contribution in [2.75, 3.05) is 0 Å². The van der Waals surface area contributed by atoms with E-state index in [1.54, 1.807) is 0 Å². The number of carboxylic acids is 1. The van der Waals surface area contributed by atoms with E-state index >= 15 is 0 Å². The fourth-order valence-electron chi connectivity index (χ4n) is 1.97. The van der Waals surface area contributed by atoms with Gasteiger partial charge in [0.1, 0.15) is 6.04 Å². The van der Waals surface area contributed by atoms with Crippen LogP contribution in [-0.4, -0.2) is 27.9 Å². The summed E-state index contributed by atoms with van der Waals surface area (Å²) in [5, 5.41) is 8.99. The zero-order chi connectivity index (χ0) is 11.5. The van der Waals surface area contributed by atoms with Crippen molar-refractivity contribution in [3.8, 4) is 0 Å². The van der Waals surface area contributed by atoms with E-state index in [0.717, 1.165) is 5.56 Å². The molecule has 1 amide bonds. The number of hydrogen-bond donors (Lipinski definition) is 1. The first-order chi connectivity index (χ1) is 7.68. The van der Waals surface area contributed by atoms with Crippen LogP contribution < -0.4 is 0 Å². The minimum atomic E-state index is -0.915. The van der Waals surface area contributed by atoms with Gasteiger partial charge in [-0.25, -0.2) is 4.79 Å². The molecule has 2 rings (SSSR count). The maximum absolute atomic E-state index is 11.6. The van der Waals surface area contributed by atoms with Gasteiger partial charge in [-0.3, -0.25) is 4.79 Å². The molecule has 0 aliphatic carbocycles. The predicted molar refractivity (Wildman–Crippen MR) is 57.6 cm³/mol. The number of benzene rings is 1. The van der Waals surface area contributed by atoms with Gasteiger partial charge in [0.2, 0.25) is 5.91 Å². The molecule has 4 nitrogen and oxygen atoms in total. The number of carbonyl (C=O) groups excluding carboxylic acids is 1. The van der Waals surface area contributed by atoms with Crippen molar-refractivity contribution in [2.45, 2.75) is 25.4 Å². The normalized spacial score (nSPS) is 20.1. The Morgan fingerprint density at radius 2 is 2.06 bits per heavy atom. The van der Waals surface area contributed by atoms with Crippen molar-refractivity contribution in [2.24, 2.45) is 0 Å². The SMILES string of the molecule is O=C(O)C1CCC(=O)N1Cc1ccccc1. The molecule has 0 aromatic heterocycles. The van der Waals surface area contributed by atoms with Crippen LogP contribution in [0.4, 0.5) is 0 Å². The smallest absolute Gasteiger partial charge is 0.326 e. The molecule has 84 valence electrons. The van der Waals surface area contributed by atoms with Crippen molar-refractivity contribution in [3.05, 3.63) is 35.9 Å². The molecular formula is C12H13NO3. The number of rotatable bonds is 3. The lowest BCUT2D eigenvalue weighted by Gasteiger charge is -2.21. The third-order valence-corrected chi connectivity index (χ3v) is 2.81. The summed E-state index contributed by atoms with van der Waals surface area (Å²) in [6, 6.07) is 8.78. The summed E-state index contributed by atoms with van der Waals surface area (Å²) < 4.78 is 0. The molecule has 1 aromatic carbocycles. The molecule has 1 aliphatic rings. The molecular weight excluding hydrogens is 206 g/mol.